The van der Waals surface area contributed by atoms with Crippen LogP contribution in [0.1, 0.15) is 36.8 Å². The van der Waals surface area contributed by atoms with E-state index in [-0.39, 0.29) is 6.04 Å². The summed E-state index contributed by atoms with van der Waals surface area (Å²) in [5.74, 6) is 0. The first-order valence-corrected chi connectivity index (χ1v) is 7.55. The highest BCUT2D eigenvalue weighted by atomic mass is 19.4. The van der Waals surface area contributed by atoms with Crippen LogP contribution in [0.2, 0.25) is 0 Å². The van der Waals surface area contributed by atoms with E-state index in [1.54, 1.807) is 12.3 Å². The fourth-order valence-electron chi connectivity index (χ4n) is 2.11. The summed E-state index contributed by atoms with van der Waals surface area (Å²) >= 11 is 0. The number of hydrogen-bond acceptors (Lipinski definition) is 3. The molecule has 1 rings (SSSR count). The lowest BCUT2D eigenvalue weighted by atomic mass is 10.0. The van der Waals surface area contributed by atoms with Crippen molar-refractivity contribution >= 4 is 6.21 Å². The number of nitrogens with zero attached hydrogens (tertiary/aromatic N) is 1. The number of nitrogens with two attached hydrogens (primary N) is 2. The molecule has 6 heteroatoms. The molecule has 0 fully saturated rings. The zero-order valence-corrected chi connectivity index (χ0v) is 12.6. The highest BCUT2D eigenvalue weighted by Crippen LogP contribution is 2.29. The van der Waals surface area contributed by atoms with Gasteiger partial charge in [-0.05, 0) is 37.4 Å². The van der Waals surface area contributed by atoms with Crippen LogP contribution in [0, 0.1) is 0 Å². The fourth-order valence-corrected chi connectivity index (χ4v) is 2.11. The van der Waals surface area contributed by atoms with E-state index >= 15 is 0 Å². The Morgan fingerprint density at radius 1 is 1.14 bits per heavy atom. The van der Waals surface area contributed by atoms with Gasteiger partial charge in [0.05, 0.1) is 5.56 Å². The maximum atomic E-state index is 12.6. The van der Waals surface area contributed by atoms with E-state index in [0.717, 1.165) is 37.8 Å². The van der Waals surface area contributed by atoms with Gasteiger partial charge in [-0.1, -0.05) is 31.0 Å². The maximum absolute atomic E-state index is 12.6. The number of benzene rings is 1. The SMILES string of the molecule is NCCCCCCN=CC(N)Cc1cccc(C(F)(F)F)c1. The van der Waals surface area contributed by atoms with Crippen LogP contribution in [0.15, 0.2) is 29.3 Å². The number of alkyl halides is 3. The monoisotopic (exact) mass is 315 g/mol. The number of aliphatic imine (C=N–C) groups is 1. The Labute approximate surface area is 129 Å². The molecule has 0 bridgehead atoms. The van der Waals surface area contributed by atoms with Gasteiger partial charge in [-0.3, -0.25) is 4.99 Å². The van der Waals surface area contributed by atoms with Crippen LogP contribution in [0.5, 0.6) is 0 Å². The van der Waals surface area contributed by atoms with E-state index in [9.17, 15) is 13.2 Å². The number of halogens is 3. The predicted octanol–water partition coefficient (Wildman–Crippen LogP) is 3.17. The lowest BCUT2D eigenvalue weighted by molar-refractivity contribution is -0.137. The van der Waals surface area contributed by atoms with E-state index in [1.807, 2.05) is 0 Å². The second-order valence-corrected chi connectivity index (χ2v) is 5.32. The third kappa shape index (κ3) is 7.56. The van der Waals surface area contributed by atoms with Crippen LogP contribution in [0.3, 0.4) is 0 Å². The molecule has 0 heterocycles. The summed E-state index contributed by atoms with van der Waals surface area (Å²) in [6, 6.07) is 4.88. The molecule has 0 aliphatic heterocycles. The van der Waals surface area contributed by atoms with Crippen molar-refractivity contribution in [3.05, 3.63) is 35.4 Å². The van der Waals surface area contributed by atoms with Gasteiger partial charge >= 0.3 is 6.18 Å². The van der Waals surface area contributed by atoms with Crippen LogP contribution < -0.4 is 11.5 Å². The summed E-state index contributed by atoms with van der Waals surface area (Å²) in [6.07, 6.45) is 1.84. The normalized spacial score (nSPS) is 13.7. The summed E-state index contributed by atoms with van der Waals surface area (Å²) in [6.45, 7) is 1.41. The quantitative estimate of drug-likeness (QED) is 0.543. The maximum Gasteiger partial charge on any atom is 0.416 e. The minimum absolute atomic E-state index is 0.348. The smallest absolute Gasteiger partial charge is 0.330 e. The lowest BCUT2D eigenvalue weighted by Gasteiger charge is -2.10. The third-order valence-corrected chi connectivity index (χ3v) is 3.26. The molecule has 0 aliphatic rings. The molecular formula is C16H24F3N3. The van der Waals surface area contributed by atoms with Crippen molar-refractivity contribution in [2.75, 3.05) is 13.1 Å². The molecule has 4 N–H and O–H groups in total. The molecule has 1 aromatic rings. The van der Waals surface area contributed by atoms with Crippen molar-refractivity contribution in [2.24, 2.45) is 16.5 Å². The Kier molecular flexibility index (Phi) is 8.12. The molecule has 1 aromatic carbocycles. The average Bonchev–Trinajstić information content (AvgIpc) is 2.46. The molecule has 1 atom stereocenters. The van der Waals surface area contributed by atoms with Crippen LogP contribution in [0.25, 0.3) is 0 Å². The second-order valence-electron chi connectivity index (χ2n) is 5.32. The van der Waals surface area contributed by atoms with Gasteiger partial charge in [0.2, 0.25) is 0 Å². The Bertz CT molecular complexity index is 458. The zero-order chi connectivity index (χ0) is 16.4. The van der Waals surface area contributed by atoms with Gasteiger partial charge in [0.1, 0.15) is 0 Å². The molecule has 0 amide bonds. The topological polar surface area (TPSA) is 64.4 Å². The highest BCUT2D eigenvalue weighted by molar-refractivity contribution is 5.64. The Hall–Kier alpha value is -1.40. The molecular weight excluding hydrogens is 291 g/mol. The van der Waals surface area contributed by atoms with Crippen molar-refractivity contribution in [3.63, 3.8) is 0 Å². The number of unbranched alkanes of at least 4 members (excludes halogenated alkanes) is 3. The lowest BCUT2D eigenvalue weighted by Crippen LogP contribution is -2.24. The highest BCUT2D eigenvalue weighted by Gasteiger charge is 2.30. The van der Waals surface area contributed by atoms with Gasteiger partial charge in [-0.25, -0.2) is 0 Å². The van der Waals surface area contributed by atoms with Crippen LogP contribution in [-0.2, 0) is 12.6 Å². The Balaban J connectivity index is 2.37. The van der Waals surface area contributed by atoms with Gasteiger partial charge in [0, 0.05) is 18.8 Å². The molecule has 0 aromatic heterocycles. The fraction of sp³-hybridized carbons (Fsp3) is 0.562. The zero-order valence-electron chi connectivity index (χ0n) is 12.6. The molecule has 22 heavy (non-hydrogen) atoms. The van der Waals surface area contributed by atoms with Gasteiger partial charge < -0.3 is 11.5 Å². The standard InChI is InChI=1S/C16H24F3N3/c17-16(18,19)14-7-5-6-13(10-14)11-15(21)12-22-9-4-2-1-3-8-20/h5-7,10,12,15H,1-4,8-9,11,20-21H2. The molecule has 0 saturated carbocycles. The third-order valence-electron chi connectivity index (χ3n) is 3.26. The molecule has 1 unspecified atom stereocenters. The predicted molar refractivity (Wildman–Crippen MR) is 84.0 cm³/mol. The summed E-state index contributed by atoms with van der Waals surface area (Å²) in [5.41, 5.74) is 11.2. The first-order valence-electron chi connectivity index (χ1n) is 7.55. The Morgan fingerprint density at radius 2 is 1.86 bits per heavy atom. The van der Waals surface area contributed by atoms with Crippen LogP contribution in [0.4, 0.5) is 13.2 Å². The summed E-state index contributed by atoms with van der Waals surface area (Å²) < 4.78 is 37.8. The first-order chi connectivity index (χ1) is 10.4. The van der Waals surface area contributed by atoms with E-state index < -0.39 is 11.7 Å². The number of hydrogen-bond donors (Lipinski definition) is 2. The van der Waals surface area contributed by atoms with Crippen molar-refractivity contribution in [2.45, 2.75) is 44.3 Å². The van der Waals surface area contributed by atoms with E-state index in [4.69, 9.17) is 11.5 Å². The van der Waals surface area contributed by atoms with E-state index in [2.05, 4.69) is 4.99 Å². The molecule has 3 nitrogen and oxygen atoms in total. The largest absolute Gasteiger partial charge is 0.416 e. The summed E-state index contributed by atoms with van der Waals surface area (Å²) in [7, 11) is 0. The molecule has 0 saturated heterocycles. The number of rotatable bonds is 9. The van der Waals surface area contributed by atoms with Crippen molar-refractivity contribution < 1.29 is 13.2 Å². The van der Waals surface area contributed by atoms with E-state index in [1.165, 1.54) is 6.07 Å². The molecule has 0 spiro atoms. The average molecular weight is 315 g/mol. The minimum Gasteiger partial charge on any atom is -0.330 e. The van der Waals surface area contributed by atoms with Crippen molar-refractivity contribution in [1.29, 1.82) is 0 Å². The Morgan fingerprint density at radius 3 is 2.55 bits per heavy atom. The van der Waals surface area contributed by atoms with Gasteiger partial charge in [0.15, 0.2) is 0 Å². The molecule has 0 radical (unpaired) electrons. The van der Waals surface area contributed by atoms with Crippen molar-refractivity contribution in [3.8, 4) is 0 Å². The van der Waals surface area contributed by atoms with Crippen molar-refractivity contribution in [1.82, 2.24) is 0 Å². The van der Waals surface area contributed by atoms with Gasteiger partial charge in [0.25, 0.3) is 0 Å². The van der Waals surface area contributed by atoms with Crippen LogP contribution in [-0.4, -0.2) is 25.3 Å². The molecule has 0 aliphatic carbocycles. The minimum atomic E-state index is -4.32. The second kappa shape index (κ2) is 9.58. The van der Waals surface area contributed by atoms with E-state index in [0.29, 0.717) is 25.1 Å². The summed E-state index contributed by atoms with van der Waals surface area (Å²) in [5, 5.41) is 0. The van der Waals surface area contributed by atoms with Gasteiger partial charge in [-0.15, -0.1) is 0 Å². The van der Waals surface area contributed by atoms with Crippen LogP contribution >= 0.6 is 0 Å². The molecule has 124 valence electrons. The van der Waals surface area contributed by atoms with Gasteiger partial charge in [-0.2, -0.15) is 13.2 Å². The summed E-state index contributed by atoms with van der Waals surface area (Å²) in [4.78, 5) is 4.23. The first kappa shape index (κ1) is 18.6.